The maximum atomic E-state index is 13.8. The van der Waals surface area contributed by atoms with Gasteiger partial charge in [0.2, 0.25) is 11.8 Å². The molecule has 27 heavy (non-hydrogen) atoms. The van der Waals surface area contributed by atoms with Gasteiger partial charge in [0.05, 0.1) is 0 Å². The highest BCUT2D eigenvalue weighted by Gasteiger charge is 2.31. The zero-order chi connectivity index (χ0) is 20.1. The topological polar surface area (TPSA) is 69.7 Å². The predicted molar refractivity (Wildman–Crippen MR) is 95.9 cm³/mol. The number of nitrogens with one attached hydrogen (secondary N) is 1. The summed E-state index contributed by atoms with van der Waals surface area (Å²) < 4.78 is 27.7. The van der Waals surface area contributed by atoms with Gasteiger partial charge in [0.1, 0.15) is 23.2 Å². The number of amides is 3. The molecule has 0 saturated carbocycles. The second-order valence-corrected chi connectivity index (χ2v) is 6.98. The third-order valence-corrected chi connectivity index (χ3v) is 4.66. The summed E-state index contributed by atoms with van der Waals surface area (Å²) in [6, 6.07) is 2.25. The Labute approximate surface area is 157 Å². The third-order valence-electron chi connectivity index (χ3n) is 4.66. The van der Waals surface area contributed by atoms with E-state index in [9.17, 15) is 23.2 Å². The van der Waals surface area contributed by atoms with Crippen molar-refractivity contribution in [2.75, 3.05) is 26.2 Å². The number of carbonyl (C=O) groups excluding carboxylic acids is 3. The van der Waals surface area contributed by atoms with Gasteiger partial charge in [-0.05, 0) is 24.5 Å². The van der Waals surface area contributed by atoms with Crippen molar-refractivity contribution in [3.8, 4) is 0 Å². The summed E-state index contributed by atoms with van der Waals surface area (Å²) in [5, 5.41) is 2.48. The van der Waals surface area contributed by atoms with Crippen LogP contribution in [0.15, 0.2) is 18.2 Å². The summed E-state index contributed by atoms with van der Waals surface area (Å²) in [5.74, 6) is -3.56. The molecular formula is C19H25F2N3O3. The second kappa shape index (κ2) is 8.92. The summed E-state index contributed by atoms with van der Waals surface area (Å²) in [6.07, 6.45) is 0.631. The molecule has 1 N–H and O–H groups in total. The zero-order valence-corrected chi connectivity index (χ0v) is 15.8. The Balaban J connectivity index is 2.13. The molecular weight excluding hydrogens is 356 g/mol. The molecule has 0 radical (unpaired) electrons. The fourth-order valence-electron chi connectivity index (χ4n) is 3.09. The van der Waals surface area contributed by atoms with Crippen LogP contribution in [0, 0.1) is 17.6 Å². The number of hydrogen-bond acceptors (Lipinski definition) is 3. The monoisotopic (exact) mass is 381 g/mol. The van der Waals surface area contributed by atoms with E-state index in [1.807, 2.05) is 0 Å². The lowest BCUT2D eigenvalue weighted by Crippen LogP contribution is -2.52. The standard InChI is InChI=1S/C19H25F2N3O3/c1-12(2)17(22-18(26)16-14(20)6-4-7-15(16)21)19(27)24-9-5-8-23(10-11-24)13(3)25/h4,6-7,12,17H,5,8-11H2,1-3H3,(H,22,26). The van der Waals surface area contributed by atoms with Gasteiger partial charge in [0.15, 0.2) is 0 Å². The normalized spacial score (nSPS) is 16.1. The molecule has 3 amide bonds. The Bertz CT molecular complexity index is 704. The molecule has 1 aromatic rings. The van der Waals surface area contributed by atoms with Gasteiger partial charge >= 0.3 is 0 Å². The van der Waals surface area contributed by atoms with Crippen LogP contribution in [0.4, 0.5) is 8.78 Å². The SMILES string of the molecule is CC(=O)N1CCCN(C(=O)C(NC(=O)c2c(F)cccc2F)C(C)C)CC1. The van der Waals surface area contributed by atoms with Gasteiger partial charge in [-0.1, -0.05) is 19.9 Å². The number of nitrogens with zero attached hydrogens (tertiary/aromatic N) is 2. The first-order chi connectivity index (χ1) is 12.7. The Morgan fingerprint density at radius 2 is 1.56 bits per heavy atom. The first-order valence-electron chi connectivity index (χ1n) is 9.01. The van der Waals surface area contributed by atoms with E-state index >= 15 is 0 Å². The van der Waals surface area contributed by atoms with E-state index in [4.69, 9.17) is 0 Å². The Morgan fingerprint density at radius 1 is 1.00 bits per heavy atom. The number of hydrogen-bond donors (Lipinski definition) is 1. The van der Waals surface area contributed by atoms with E-state index in [0.717, 1.165) is 12.1 Å². The maximum Gasteiger partial charge on any atom is 0.257 e. The lowest BCUT2D eigenvalue weighted by Gasteiger charge is -2.29. The lowest BCUT2D eigenvalue weighted by atomic mass is 10.0. The van der Waals surface area contributed by atoms with Gasteiger partial charge in [-0.15, -0.1) is 0 Å². The molecule has 0 aromatic heterocycles. The quantitative estimate of drug-likeness (QED) is 0.865. The number of benzene rings is 1. The highest BCUT2D eigenvalue weighted by atomic mass is 19.1. The van der Waals surface area contributed by atoms with Crippen molar-refractivity contribution in [3.63, 3.8) is 0 Å². The number of halogens is 2. The molecule has 0 bridgehead atoms. The molecule has 1 aliphatic heterocycles. The third kappa shape index (κ3) is 5.02. The fraction of sp³-hybridized carbons (Fsp3) is 0.526. The van der Waals surface area contributed by atoms with Crippen molar-refractivity contribution in [3.05, 3.63) is 35.4 Å². The first-order valence-corrected chi connectivity index (χ1v) is 9.01. The molecule has 0 aliphatic carbocycles. The van der Waals surface area contributed by atoms with Crippen molar-refractivity contribution < 1.29 is 23.2 Å². The predicted octanol–water partition coefficient (Wildman–Crippen LogP) is 1.80. The summed E-state index contributed by atoms with van der Waals surface area (Å²) >= 11 is 0. The minimum Gasteiger partial charge on any atom is -0.341 e. The molecule has 6 nitrogen and oxygen atoms in total. The highest BCUT2D eigenvalue weighted by molar-refractivity contribution is 5.98. The van der Waals surface area contributed by atoms with Crippen LogP contribution in [0.3, 0.4) is 0 Å². The van der Waals surface area contributed by atoms with E-state index in [-0.39, 0.29) is 17.7 Å². The zero-order valence-electron chi connectivity index (χ0n) is 15.8. The van der Waals surface area contributed by atoms with E-state index < -0.39 is 29.1 Å². The van der Waals surface area contributed by atoms with Gasteiger partial charge < -0.3 is 15.1 Å². The first kappa shape index (κ1) is 20.8. The Hall–Kier alpha value is -2.51. The Morgan fingerprint density at radius 3 is 2.11 bits per heavy atom. The molecule has 2 rings (SSSR count). The average molecular weight is 381 g/mol. The van der Waals surface area contributed by atoms with Gasteiger partial charge in [-0.25, -0.2) is 8.78 Å². The minimum absolute atomic E-state index is 0.0481. The summed E-state index contributed by atoms with van der Waals surface area (Å²) in [6.45, 7) is 6.78. The van der Waals surface area contributed by atoms with Crippen molar-refractivity contribution in [1.29, 1.82) is 0 Å². The van der Waals surface area contributed by atoms with E-state index in [1.165, 1.54) is 13.0 Å². The summed E-state index contributed by atoms with van der Waals surface area (Å²) in [5.41, 5.74) is -0.699. The molecule has 1 aromatic carbocycles. The van der Waals surface area contributed by atoms with Crippen LogP contribution in [0.5, 0.6) is 0 Å². The van der Waals surface area contributed by atoms with Crippen molar-refractivity contribution in [2.24, 2.45) is 5.92 Å². The van der Waals surface area contributed by atoms with Crippen LogP contribution >= 0.6 is 0 Å². The summed E-state index contributed by atoms with van der Waals surface area (Å²) in [7, 11) is 0. The van der Waals surface area contributed by atoms with Gasteiger partial charge in [0.25, 0.3) is 5.91 Å². The van der Waals surface area contributed by atoms with Crippen LogP contribution in [0.25, 0.3) is 0 Å². The molecule has 1 atom stereocenters. The summed E-state index contributed by atoms with van der Waals surface area (Å²) in [4.78, 5) is 40.1. The number of rotatable bonds is 4. The second-order valence-electron chi connectivity index (χ2n) is 6.98. The van der Waals surface area contributed by atoms with Crippen LogP contribution < -0.4 is 5.32 Å². The van der Waals surface area contributed by atoms with Gasteiger partial charge in [-0.3, -0.25) is 14.4 Å². The molecule has 1 aliphatic rings. The van der Waals surface area contributed by atoms with Crippen LogP contribution in [-0.4, -0.2) is 59.7 Å². The molecule has 1 saturated heterocycles. The number of carbonyl (C=O) groups is 3. The van der Waals surface area contributed by atoms with Crippen molar-refractivity contribution in [1.82, 2.24) is 15.1 Å². The van der Waals surface area contributed by atoms with Crippen molar-refractivity contribution in [2.45, 2.75) is 33.2 Å². The van der Waals surface area contributed by atoms with E-state index in [2.05, 4.69) is 5.32 Å². The smallest absolute Gasteiger partial charge is 0.257 e. The van der Waals surface area contributed by atoms with Crippen LogP contribution in [0.1, 0.15) is 37.6 Å². The maximum absolute atomic E-state index is 13.8. The fourth-order valence-corrected chi connectivity index (χ4v) is 3.09. The van der Waals surface area contributed by atoms with E-state index in [1.54, 1.807) is 23.6 Å². The van der Waals surface area contributed by atoms with E-state index in [0.29, 0.717) is 32.6 Å². The molecule has 1 fully saturated rings. The molecule has 1 unspecified atom stereocenters. The minimum atomic E-state index is -0.977. The molecule has 8 heteroatoms. The average Bonchev–Trinajstić information content (AvgIpc) is 2.85. The molecule has 0 spiro atoms. The molecule has 1 heterocycles. The van der Waals surface area contributed by atoms with Crippen LogP contribution in [0.2, 0.25) is 0 Å². The Kier molecular flexibility index (Phi) is 6.87. The highest BCUT2D eigenvalue weighted by Crippen LogP contribution is 2.15. The van der Waals surface area contributed by atoms with Gasteiger partial charge in [0, 0.05) is 33.1 Å². The van der Waals surface area contributed by atoms with Crippen molar-refractivity contribution >= 4 is 17.7 Å². The lowest BCUT2D eigenvalue weighted by molar-refractivity contribution is -0.135. The largest absolute Gasteiger partial charge is 0.341 e. The van der Waals surface area contributed by atoms with Crippen LogP contribution in [-0.2, 0) is 9.59 Å². The van der Waals surface area contributed by atoms with Gasteiger partial charge in [-0.2, -0.15) is 0 Å². The molecule has 148 valence electrons.